The summed E-state index contributed by atoms with van der Waals surface area (Å²) in [6.07, 6.45) is 9.13. The van der Waals surface area contributed by atoms with Crippen molar-refractivity contribution in [2.24, 2.45) is 13.0 Å². The highest BCUT2D eigenvalue weighted by atomic mass is 35.5. The number of nitriles is 1. The molecular formula is C27H21ClN8O. The van der Waals surface area contributed by atoms with Crippen LogP contribution in [0.2, 0.25) is 5.02 Å². The van der Waals surface area contributed by atoms with Crippen molar-refractivity contribution >= 4 is 39.2 Å². The first-order valence-electron chi connectivity index (χ1n) is 12.1. The molecule has 0 N–H and O–H groups in total. The van der Waals surface area contributed by atoms with Gasteiger partial charge < -0.3 is 4.57 Å². The number of hydrogen-bond donors (Lipinski definition) is 0. The number of aromatic nitrogens is 7. The lowest BCUT2D eigenvalue weighted by Gasteiger charge is -2.11. The maximum atomic E-state index is 13.5. The molecule has 7 rings (SSSR count). The van der Waals surface area contributed by atoms with Crippen molar-refractivity contribution in [2.45, 2.75) is 25.9 Å². The van der Waals surface area contributed by atoms with Crippen molar-refractivity contribution in [1.29, 1.82) is 5.26 Å². The van der Waals surface area contributed by atoms with E-state index in [1.54, 1.807) is 33.8 Å². The van der Waals surface area contributed by atoms with Gasteiger partial charge in [0.05, 0.1) is 34.4 Å². The maximum Gasteiger partial charge on any atom is 0.335 e. The molecule has 0 radical (unpaired) electrons. The molecule has 1 fully saturated rings. The van der Waals surface area contributed by atoms with E-state index in [0.29, 0.717) is 40.9 Å². The van der Waals surface area contributed by atoms with Crippen LogP contribution in [0.4, 0.5) is 0 Å². The van der Waals surface area contributed by atoms with E-state index < -0.39 is 0 Å². The monoisotopic (exact) mass is 508 g/mol. The second-order valence-corrected chi connectivity index (χ2v) is 10.1. The number of rotatable bonds is 5. The Hall–Kier alpha value is -4.42. The summed E-state index contributed by atoms with van der Waals surface area (Å²) in [5.74, 6) is 0.474. The van der Waals surface area contributed by atoms with Crippen LogP contribution in [-0.4, -0.2) is 33.3 Å². The number of benzene rings is 1. The summed E-state index contributed by atoms with van der Waals surface area (Å²) in [5, 5.41) is 17.0. The molecule has 1 aliphatic carbocycles. The Labute approximate surface area is 215 Å². The molecule has 5 heterocycles. The van der Waals surface area contributed by atoms with Crippen LogP contribution >= 0.6 is 11.6 Å². The molecule has 1 saturated carbocycles. The molecule has 9 nitrogen and oxygen atoms in total. The summed E-state index contributed by atoms with van der Waals surface area (Å²) in [4.78, 5) is 22.5. The fourth-order valence-corrected chi connectivity index (χ4v) is 5.31. The van der Waals surface area contributed by atoms with Gasteiger partial charge in [-0.1, -0.05) is 11.6 Å². The maximum absolute atomic E-state index is 13.5. The van der Waals surface area contributed by atoms with E-state index in [4.69, 9.17) is 16.7 Å². The van der Waals surface area contributed by atoms with Gasteiger partial charge in [-0.15, -0.1) is 0 Å². The molecule has 0 amide bonds. The third kappa shape index (κ3) is 3.44. The zero-order valence-corrected chi connectivity index (χ0v) is 20.7. The Morgan fingerprint density at radius 1 is 1.14 bits per heavy atom. The summed E-state index contributed by atoms with van der Waals surface area (Å²) in [5.41, 5.74) is 5.00. The van der Waals surface area contributed by atoms with E-state index in [1.165, 1.54) is 0 Å². The molecule has 1 aliphatic rings. The minimum Gasteiger partial charge on any atom is -0.348 e. The Balaban J connectivity index is 1.56. The van der Waals surface area contributed by atoms with Gasteiger partial charge in [-0.3, -0.25) is 18.6 Å². The normalized spacial score (nSPS) is 13.6. The topological polar surface area (TPSA) is 98.7 Å². The Morgan fingerprint density at radius 2 is 2.00 bits per heavy atom. The van der Waals surface area contributed by atoms with E-state index in [0.717, 1.165) is 46.1 Å². The number of fused-ring (bicyclic) bond motifs is 4. The zero-order valence-electron chi connectivity index (χ0n) is 20.0. The summed E-state index contributed by atoms with van der Waals surface area (Å²) < 4.78 is 7.20. The van der Waals surface area contributed by atoms with E-state index in [9.17, 15) is 10.1 Å². The number of pyridine rings is 1. The molecule has 0 bridgehead atoms. The summed E-state index contributed by atoms with van der Waals surface area (Å²) >= 11 is 6.34. The highest BCUT2D eigenvalue weighted by Crippen LogP contribution is 2.35. The number of aryl methyl sites for hydroxylation is 1. The molecule has 0 unspecified atom stereocenters. The van der Waals surface area contributed by atoms with Crippen LogP contribution in [0, 0.1) is 17.2 Å². The first kappa shape index (κ1) is 21.8. The Bertz CT molecular complexity index is 1960. The minimum absolute atomic E-state index is 0.145. The van der Waals surface area contributed by atoms with Gasteiger partial charge >= 0.3 is 5.69 Å². The third-order valence-electron chi connectivity index (χ3n) is 7.12. The number of imidazole rings is 1. The molecule has 5 aromatic heterocycles. The first-order valence-corrected chi connectivity index (χ1v) is 12.5. The molecule has 10 heteroatoms. The fourth-order valence-electron chi connectivity index (χ4n) is 5.14. The van der Waals surface area contributed by atoms with Crippen LogP contribution in [0.3, 0.4) is 0 Å². The summed E-state index contributed by atoms with van der Waals surface area (Å²) in [6.45, 7) is 1.03. The van der Waals surface area contributed by atoms with Crippen LogP contribution < -0.4 is 5.69 Å². The Morgan fingerprint density at radius 3 is 2.78 bits per heavy atom. The van der Waals surface area contributed by atoms with Crippen LogP contribution in [0.25, 0.3) is 39.0 Å². The van der Waals surface area contributed by atoms with Gasteiger partial charge in [-0.25, -0.2) is 9.78 Å². The SMILES string of the molecule is Cn1cc(C#N)cc1-c1c2c(nn1Cc1ccnc3ccc(Cl)cc13)n(CC1CC1)c(=O)n1ccnc21. The molecule has 0 spiro atoms. The van der Waals surface area contributed by atoms with Gasteiger partial charge in [0, 0.05) is 48.8 Å². The summed E-state index contributed by atoms with van der Waals surface area (Å²) in [7, 11) is 1.91. The van der Waals surface area contributed by atoms with E-state index in [-0.39, 0.29) is 5.69 Å². The van der Waals surface area contributed by atoms with E-state index in [1.807, 2.05) is 46.6 Å². The predicted octanol–water partition coefficient (Wildman–Crippen LogP) is 4.38. The van der Waals surface area contributed by atoms with Gasteiger partial charge in [0.15, 0.2) is 11.3 Å². The van der Waals surface area contributed by atoms with Crippen molar-refractivity contribution in [3.63, 3.8) is 0 Å². The minimum atomic E-state index is -0.145. The predicted molar refractivity (Wildman–Crippen MR) is 140 cm³/mol. The summed E-state index contributed by atoms with van der Waals surface area (Å²) in [6, 6.07) is 11.7. The number of halogens is 1. The van der Waals surface area contributed by atoms with Crippen molar-refractivity contribution in [3.8, 4) is 17.5 Å². The lowest BCUT2D eigenvalue weighted by molar-refractivity contribution is 0.595. The van der Waals surface area contributed by atoms with Crippen molar-refractivity contribution in [3.05, 3.63) is 81.8 Å². The highest BCUT2D eigenvalue weighted by Gasteiger charge is 2.28. The van der Waals surface area contributed by atoms with Gasteiger partial charge in [-0.2, -0.15) is 10.4 Å². The average Bonchev–Trinajstić information content (AvgIpc) is 3.27. The molecule has 182 valence electrons. The molecular weight excluding hydrogens is 488 g/mol. The van der Waals surface area contributed by atoms with Crippen molar-refractivity contribution in [2.75, 3.05) is 0 Å². The van der Waals surface area contributed by atoms with Crippen LogP contribution in [0.1, 0.15) is 24.0 Å². The van der Waals surface area contributed by atoms with E-state index >= 15 is 0 Å². The lowest BCUT2D eigenvalue weighted by Crippen LogP contribution is -2.27. The number of nitrogens with zero attached hydrogens (tertiary/aromatic N) is 8. The fraction of sp³-hybridized carbons (Fsp3) is 0.222. The van der Waals surface area contributed by atoms with Crippen molar-refractivity contribution < 1.29 is 0 Å². The van der Waals surface area contributed by atoms with Gasteiger partial charge in [-0.05, 0) is 54.7 Å². The molecule has 0 saturated heterocycles. The Kier molecular flexibility index (Phi) is 4.75. The van der Waals surface area contributed by atoms with Crippen LogP contribution in [0.5, 0.6) is 0 Å². The second kappa shape index (κ2) is 8.05. The second-order valence-electron chi connectivity index (χ2n) is 9.63. The van der Waals surface area contributed by atoms with Gasteiger partial charge in [0.1, 0.15) is 6.07 Å². The van der Waals surface area contributed by atoms with Gasteiger partial charge in [0.2, 0.25) is 0 Å². The molecule has 6 aromatic rings. The molecule has 0 atom stereocenters. The third-order valence-corrected chi connectivity index (χ3v) is 7.35. The molecule has 37 heavy (non-hydrogen) atoms. The zero-order chi connectivity index (χ0) is 25.3. The quantitative estimate of drug-likeness (QED) is 0.344. The highest BCUT2D eigenvalue weighted by molar-refractivity contribution is 6.31. The van der Waals surface area contributed by atoms with Gasteiger partial charge in [0.25, 0.3) is 0 Å². The lowest BCUT2D eigenvalue weighted by atomic mass is 10.1. The first-order chi connectivity index (χ1) is 18.0. The van der Waals surface area contributed by atoms with E-state index in [2.05, 4.69) is 16.0 Å². The molecule has 1 aromatic carbocycles. The standard InChI is InChI=1S/C27H21ClN8O/c1-33-13-17(12-29)10-22(33)24-23-25-31-8-9-34(25)27(37)35(14-16-2-3-16)26(23)32-36(24)15-18-6-7-30-21-5-4-19(28)11-20(18)21/h4-11,13,16H,2-3,14-15H2,1H3. The largest absolute Gasteiger partial charge is 0.348 e. The smallest absolute Gasteiger partial charge is 0.335 e. The van der Waals surface area contributed by atoms with Crippen LogP contribution in [0.15, 0.2) is 59.9 Å². The molecule has 0 aliphatic heterocycles. The van der Waals surface area contributed by atoms with Crippen molar-refractivity contribution in [1.82, 2.24) is 33.3 Å². The number of hydrogen-bond acceptors (Lipinski definition) is 5. The van der Waals surface area contributed by atoms with Crippen LogP contribution in [-0.2, 0) is 20.1 Å². The average molecular weight is 509 g/mol.